The molecule has 1 aliphatic heterocycles. The summed E-state index contributed by atoms with van der Waals surface area (Å²) in [5.41, 5.74) is 5.22. The summed E-state index contributed by atoms with van der Waals surface area (Å²) in [5.74, 6) is 0. The van der Waals surface area contributed by atoms with Gasteiger partial charge >= 0.3 is 0 Å². The van der Waals surface area contributed by atoms with Crippen molar-refractivity contribution < 1.29 is 4.74 Å². The minimum absolute atomic E-state index is 0.0359. The Morgan fingerprint density at radius 2 is 1.86 bits per heavy atom. The van der Waals surface area contributed by atoms with Crippen LogP contribution >= 0.6 is 0 Å². The van der Waals surface area contributed by atoms with Gasteiger partial charge in [0.2, 0.25) is 0 Å². The monoisotopic (exact) mass is 296 g/mol. The second-order valence-corrected chi connectivity index (χ2v) is 6.89. The number of epoxide rings is 1. The lowest BCUT2D eigenvalue weighted by Gasteiger charge is -2.27. The Bertz CT molecular complexity index is 564. The molecule has 0 spiro atoms. The first-order valence-corrected chi connectivity index (χ1v) is 8.12. The third-order valence-corrected chi connectivity index (χ3v) is 4.37. The quantitative estimate of drug-likeness (QED) is 0.486. The summed E-state index contributed by atoms with van der Waals surface area (Å²) in [4.78, 5) is 0. The summed E-state index contributed by atoms with van der Waals surface area (Å²) in [6, 6.07) is 9.01. The maximum atomic E-state index is 5.28. The number of ether oxygens (including phenoxy) is 1. The van der Waals surface area contributed by atoms with E-state index in [2.05, 4.69) is 70.7 Å². The molecule has 1 aromatic rings. The molecule has 1 aromatic carbocycles. The van der Waals surface area contributed by atoms with Crippen LogP contribution in [0, 0.1) is 0 Å². The highest BCUT2D eigenvalue weighted by Crippen LogP contribution is 2.32. The summed E-state index contributed by atoms with van der Waals surface area (Å²) < 4.78 is 5.28. The van der Waals surface area contributed by atoms with Crippen LogP contribution in [0.3, 0.4) is 0 Å². The van der Waals surface area contributed by atoms with Gasteiger partial charge in [-0.1, -0.05) is 68.5 Å². The number of hydrogen-bond acceptors (Lipinski definition) is 1. The van der Waals surface area contributed by atoms with Crippen LogP contribution < -0.4 is 0 Å². The van der Waals surface area contributed by atoms with E-state index < -0.39 is 0 Å². The van der Waals surface area contributed by atoms with Crippen molar-refractivity contribution in [1.82, 2.24) is 0 Å². The molecular formula is C21H28O. The fraction of sp³-hybridized carbons (Fsp3) is 0.429. The Hall–Kier alpha value is -1.60. The second kappa shape index (κ2) is 7.11. The predicted molar refractivity (Wildman–Crippen MR) is 95.2 cm³/mol. The molecule has 1 nitrogen and oxygen atoms in total. The fourth-order valence-electron chi connectivity index (χ4n) is 2.61. The van der Waals surface area contributed by atoms with E-state index in [-0.39, 0.29) is 5.41 Å². The van der Waals surface area contributed by atoms with Crippen LogP contribution in [0.25, 0.3) is 0 Å². The Balaban J connectivity index is 2.14. The van der Waals surface area contributed by atoms with E-state index in [0.717, 1.165) is 19.4 Å². The van der Waals surface area contributed by atoms with E-state index in [1.165, 1.54) is 22.3 Å². The SMILES string of the molecule is C=C/C(=C\C=C(C)C)C(C)(C)c1ccc(CCC2CO2)cc1. The van der Waals surface area contributed by atoms with Crippen molar-refractivity contribution in [3.63, 3.8) is 0 Å². The van der Waals surface area contributed by atoms with Crippen LogP contribution in [-0.4, -0.2) is 12.7 Å². The highest BCUT2D eigenvalue weighted by atomic mass is 16.6. The normalized spacial score (nSPS) is 18.0. The number of allylic oxidation sites excluding steroid dienone is 5. The molecule has 0 aromatic heterocycles. The van der Waals surface area contributed by atoms with Gasteiger partial charge in [-0.3, -0.25) is 0 Å². The lowest BCUT2D eigenvalue weighted by Crippen LogP contribution is -2.19. The Morgan fingerprint density at radius 3 is 2.36 bits per heavy atom. The van der Waals surface area contributed by atoms with E-state index in [1.54, 1.807) is 0 Å². The zero-order chi connectivity index (χ0) is 16.2. The van der Waals surface area contributed by atoms with Crippen LogP contribution in [0.1, 0.15) is 45.2 Å². The van der Waals surface area contributed by atoms with Crippen LogP contribution in [-0.2, 0) is 16.6 Å². The van der Waals surface area contributed by atoms with Crippen molar-refractivity contribution in [2.24, 2.45) is 0 Å². The standard InChI is InChI=1S/C21H28O/c1-6-18(11-7-16(2)3)21(4,5)19-12-8-17(9-13-19)10-14-20-15-22-20/h6-9,11-13,20H,1,10,14-15H2,2-5H3/b18-11+. The van der Waals surface area contributed by atoms with E-state index in [1.807, 2.05) is 6.08 Å². The van der Waals surface area contributed by atoms with Gasteiger partial charge in [-0.2, -0.15) is 0 Å². The minimum atomic E-state index is -0.0359. The van der Waals surface area contributed by atoms with E-state index in [9.17, 15) is 0 Å². The zero-order valence-electron chi connectivity index (χ0n) is 14.4. The van der Waals surface area contributed by atoms with Gasteiger partial charge in [-0.15, -0.1) is 0 Å². The summed E-state index contributed by atoms with van der Waals surface area (Å²) in [7, 11) is 0. The molecule has 0 saturated carbocycles. The van der Waals surface area contributed by atoms with Crippen molar-refractivity contribution in [3.8, 4) is 0 Å². The number of hydrogen-bond donors (Lipinski definition) is 0. The van der Waals surface area contributed by atoms with Crippen molar-refractivity contribution >= 4 is 0 Å². The molecule has 118 valence electrons. The molecule has 22 heavy (non-hydrogen) atoms. The van der Waals surface area contributed by atoms with E-state index in [0.29, 0.717) is 6.10 Å². The molecule has 0 amide bonds. The largest absolute Gasteiger partial charge is 0.373 e. The van der Waals surface area contributed by atoms with Crippen LogP contribution in [0.2, 0.25) is 0 Å². The van der Waals surface area contributed by atoms with Crippen molar-refractivity contribution in [1.29, 1.82) is 0 Å². The van der Waals surface area contributed by atoms with Gasteiger partial charge in [-0.25, -0.2) is 0 Å². The molecule has 0 aliphatic carbocycles. The predicted octanol–water partition coefficient (Wildman–Crippen LogP) is 5.37. The molecule has 1 fully saturated rings. The molecule has 1 atom stereocenters. The lowest BCUT2D eigenvalue weighted by atomic mass is 9.77. The first kappa shape index (κ1) is 16.8. The Morgan fingerprint density at radius 1 is 1.23 bits per heavy atom. The van der Waals surface area contributed by atoms with Crippen molar-refractivity contribution in [2.45, 2.75) is 52.1 Å². The molecule has 1 unspecified atom stereocenters. The zero-order valence-corrected chi connectivity index (χ0v) is 14.4. The molecule has 0 radical (unpaired) electrons. The molecule has 2 rings (SSSR count). The second-order valence-electron chi connectivity index (χ2n) is 6.89. The average molecular weight is 296 g/mol. The van der Waals surface area contributed by atoms with Crippen LogP contribution in [0.15, 0.2) is 60.2 Å². The van der Waals surface area contributed by atoms with Gasteiger partial charge in [-0.05, 0) is 43.4 Å². The molecular weight excluding hydrogens is 268 g/mol. The maximum absolute atomic E-state index is 5.28. The first-order chi connectivity index (χ1) is 10.4. The third-order valence-electron chi connectivity index (χ3n) is 4.37. The van der Waals surface area contributed by atoms with Gasteiger partial charge in [0, 0.05) is 5.41 Å². The maximum Gasteiger partial charge on any atom is 0.0813 e. The molecule has 1 saturated heterocycles. The van der Waals surface area contributed by atoms with Crippen molar-refractivity contribution in [3.05, 3.63) is 71.3 Å². The Kier molecular flexibility index (Phi) is 5.42. The number of benzene rings is 1. The third kappa shape index (κ3) is 4.45. The average Bonchev–Trinajstić information content (AvgIpc) is 3.30. The molecule has 0 bridgehead atoms. The summed E-state index contributed by atoms with van der Waals surface area (Å²) in [6.07, 6.45) is 9.06. The van der Waals surface area contributed by atoms with Crippen molar-refractivity contribution in [2.75, 3.05) is 6.61 Å². The smallest absolute Gasteiger partial charge is 0.0813 e. The summed E-state index contributed by atoms with van der Waals surface area (Å²) >= 11 is 0. The molecule has 1 heterocycles. The number of aryl methyl sites for hydroxylation is 1. The molecule has 1 heteroatoms. The molecule has 1 aliphatic rings. The summed E-state index contributed by atoms with van der Waals surface area (Å²) in [5, 5.41) is 0. The van der Waals surface area contributed by atoms with Gasteiger partial charge in [0.25, 0.3) is 0 Å². The highest BCUT2D eigenvalue weighted by Gasteiger charge is 2.24. The first-order valence-electron chi connectivity index (χ1n) is 8.12. The van der Waals surface area contributed by atoms with Gasteiger partial charge in [0.15, 0.2) is 0 Å². The minimum Gasteiger partial charge on any atom is -0.373 e. The van der Waals surface area contributed by atoms with Crippen LogP contribution in [0.4, 0.5) is 0 Å². The topological polar surface area (TPSA) is 12.5 Å². The Labute approximate surface area is 135 Å². The van der Waals surface area contributed by atoms with Gasteiger partial charge in [0.05, 0.1) is 12.7 Å². The summed E-state index contributed by atoms with van der Waals surface area (Å²) in [6.45, 7) is 13.7. The van der Waals surface area contributed by atoms with E-state index in [4.69, 9.17) is 4.74 Å². The van der Waals surface area contributed by atoms with Gasteiger partial charge in [0.1, 0.15) is 0 Å². The highest BCUT2D eigenvalue weighted by molar-refractivity contribution is 5.42. The fourth-order valence-corrected chi connectivity index (χ4v) is 2.61. The molecule has 0 N–H and O–H groups in total. The van der Waals surface area contributed by atoms with E-state index >= 15 is 0 Å². The van der Waals surface area contributed by atoms with Gasteiger partial charge < -0.3 is 4.74 Å². The van der Waals surface area contributed by atoms with Crippen LogP contribution in [0.5, 0.6) is 0 Å². The lowest BCUT2D eigenvalue weighted by molar-refractivity contribution is 0.397. The number of rotatable bonds is 7.